The van der Waals surface area contributed by atoms with Gasteiger partial charge in [0.25, 0.3) is 0 Å². The average molecular weight is 273 g/mol. The van der Waals surface area contributed by atoms with E-state index in [4.69, 9.17) is 4.74 Å². The molecule has 1 aliphatic heterocycles. The number of nitrogens with zero attached hydrogens (tertiary/aromatic N) is 1. The summed E-state index contributed by atoms with van der Waals surface area (Å²) in [7, 11) is 0. The number of ether oxygens (including phenoxy) is 1. The van der Waals surface area contributed by atoms with Gasteiger partial charge in [-0.2, -0.15) is 11.8 Å². The van der Waals surface area contributed by atoms with Crippen LogP contribution in [0.5, 0.6) is 0 Å². The highest BCUT2D eigenvalue weighted by Crippen LogP contribution is 2.20. The van der Waals surface area contributed by atoms with Crippen molar-refractivity contribution in [1.29, 1.82) is 0 Å². The molecule has 1 atom stereocenters. The van der Waals surface area contributed by atoms with Crippen LogP contribution in [0.2, 0.25) is 0 Å². The highest BCUT2D eigenvalue weighted by atomic mass is 32.2. The maximum absolute atomic E-state index is 11.9. The quantitative estimate of drug-likeness (QED) is 0.793. The lowest BCUT2D eigenvalue weighted by molar-refractivity contribution is -0.126. The normalized spacial score (nSPS) is 21.0. The fraction of sp³-hybridized carbons (Fsp3) is 0.846. The van der Waals surface area contributed by atoms with Gasteiger partial charge in [-0.15, -0.1) is 0 Å². The van der Waals surface area contributed by atoms with Crippen molar-refractivity contribution in [3.8, 4) is 0 Å². The number of Topliss-reactive ketones (excluding diaryl/α,β-unsaturated/α-hetero) is 1. The van der Waals surface area contributed by atoms with Crippen molar-refractivity contribution < 1.29 is 14.3 Å². The Hall–Kier alpha value is -0.710. The molecule has 1 fully saturated rings. The number of rotatable bonds is 3. The number of thioether (sulfide) groups is 1. The number of piperidine rings is 1. The summed E-state index contributed by atoms with van der Waals surface area (Å²) in [5.74, 6) is 1.22. The Kier molecular flexibility index (Phi) is 5.50. The summed E-state index contributed by atoms with van der Waals surface area (Å²) in [6.45, 7) is 6.55. The summed E-state index contributed by atoms with van der Waals surface area (Å²) >= 11 is 1.73. The molecule has 0 aromatic rings. The zero-order valence-corrected chi connectivity index (χ0v) is 12.5. The van der Waals surface area contributed by atoms with Crippen molar-refractivity contribution in [2.45, 2.75) is 39.2 Å². The topological polar surface area (TPSA) is 46.6 Å². The molecular formula is C13H23NO3S. The molecule has 0 radical (unpaired) electrons. The van der Waals surface area contributed by atoms with E-state index in [9.17, 15) is 9.59 Å². The molecule has 0 aromatic carbocycles. The van der Waals surface area contributed by atoms with E-state index in [1.54, 1.807) is 16.7 Å². The molecule has 1 saturated heterocycles. The van der Waals surface area contributed by atoms with Crippen LogP contribution in [0.4, 0.5) is 4.79 Å². The first kappa shape index (κ1) is 15.3. The molecule has 18 heavy (non-hydrogen) atoms. The van der Waals surface area contributed by atoms with Crippen LogP contribution in [0.15, 0.2) is 0 Å². The number of ketones is 1. The monoisotopic (exact) mass is 273 g/mol. The van der Waals surface area contributed by atoms with E-state index in [1.165, 1.54) is 0 Å². The molecule has 0 aromatic heterocycles. The molecule has 1 rings (SSSR count). The molecule has 1 amide bonds. The minimum absolute atomic E-state index is 0.0151. The number of likely N-dealkylation sites (tertiary alicyclic amines) is 1. The predicted octanol–water partition coefficient (Wildman–Crippen LogP) is 2.57. The Morgan fingerprint density at radius 3 is 2.72 bits per heavy atom. The second kappa shape index (κ2) is 6.45. The first-order valence-corrected chi connectivity index (χ1v) is 7.72. The maximum Gasteiger partial charge on any atom is 0.410 e. The Bertz CT molecular complexity index is 312. The van der Waals surface area contributed by atoms with E-state index in [-0.39, 0.29) is 17.8 Å². The predicted molar refractivity (Wildman–Crippen MR) is 73.9 cm³/mol. The van der Waals surface area contributed by atoms with Crippen molar-refractivity contribution in [3.05, 3.63) is 0 Å². The van der Waals surface area contributed by atoms with E-state index in [1.807, 2.05) is 27.0 Å². The molecule has 1 aliphatic rings. The first-order chi connectivity index (χ1) is 8.33. The highest BCUT2D eigenvalue weighted by Gasteiger charge is 2.31. The number of carbonyl (C=O) groups is 2. The molecule has 0 spiro atoms. The van der Waals surface area contributed by atoms with Crippen LogP contribution in [-0.4, -0.2) is 47.5 Å². The lowest BCUT2D eigenvalue weighted by atomic mass is 9.94. The van der Waals surface area contributed by atoms with Crippen LogP contribution in [-0.2, 0) is 9.53 Å². The number of carbonyl (C=O) groups excluding carboxylic acids is 2. The lowest BCUT2D eigenvalue weighted by Crippen LogP contribution is -2.46. The van der Waals surface area contributed by atoms with Gasteiger partial charge in [-0.25, -0.2) is 4.79 Å². The fourth-order valence-electron chi connectivity index (χ4n) is 1.91. The van der Waals surface area contributed by atoms with Crippen molar-refractivity contribution >= 4 is 23.6 Å². The second-order valence-corrected chi connectivity index (χ2v) is 6.61. The van der Waals surface area contributed by atoms with Gasteiger partial charge < -0.3 is 9.64 Å². The van der Waals surface area contributed by atoms with Gasteiger partial charge in [0.05, 0.1) is 0 Å². The lowest BCUT2D eigenvalue weighted by Gasteiger charge is -2.33. The third-order valence-electron chi connectivity index (χ3n) is 2.85. The molecule has 0 saturated carbocycles. The Morgan fingerprint density at radius 2 is 2.17 bits per heavy atom. The molecule has 1 heterocycles. The van der Waals surface area contributed by atoms with Gasteiger partial charge in [0.2, 0.25) is 0 Å². The third-order valence-corrected chi connectivity index (χ3v) is 3.49. The number of amides is 1. The summed E-state index contributed by atoms with van der Waals surface area (Å²) in [4.78, 5) is 25.4. The smallest absolute Gasteiger partial charge is 0.410 e. The van der Waals surface area contributed by atoms with E-state index in [0.717, 1.165) is 12.2 Å². The van der Waals surface area contributed by atoms with Gasteiger partial charge in [-0.1, -0.05) is 0 Å². The highest BCUT2D eigenvalue weighted by molar-refractivity contribution is 7.98. The summed E-state index contributed by atoms with van der Waals surface area (Å²) in [5, 5.41) is 0. The van der Waals surface area contributed by atoms with Gasteiger partial charge in [0.1, 0.15) is 11.4 Å². The second-order valence-electron chi connectivity index (χ2n) is 5.62. The van der Waals surface area contributed by atoms with Crippen LogP contribution in [0.3, 0.4) is 0 Å². The molecule has 0 N–H and O–H groups in total. The fourth-order valence-corrected chi connectivity index (χ4v) is 2.43. The van der Waals surface area contributed by atoms with Gasteiger partial charge >= 0.3 is 6.09 Å². The van der Waals surface area contributed by atoms with Crippen molar-refractivity contribution in [1.82, 2.24) is 4.90 Å². The largest absolute Gasteiger partial charge is 0.444 e. The van der Waals surface area contributed by atoms with Crippen LogP contribution in [0.1, 0.15) is 33.6 Å². The minimum atomic E-state index is -0.479. The van der Waals surface area contributed by atoms with Crippen LogP contribution >= 0.6 is 11.8 Å². The van der Waals surface area contributed by atoms with Gasteiger partial charge in [0.15, 0.2) is 0 Å². The Morgan fingerprint density at radius 1 is 1.50 bits per heavy atom. The van der Waals surface area contributed by atoms with E-state index >= 15 is 0 Å². The van der Waals surface area contributed by atoms with Crippen molar-refractivity contribution in [2.24, 2.45) is 5.92 Å². The van der Waals surface area contributed by atoms with Crippen molar-refractivity contribution in [2.75, 3.05) is 25.1 Å². The molecule has 1 unspecified atom stereocenters. The zero-order chi connectivity index (χ0) is 13.8. The standard InChI is InChI=1S/C13H23NO3S/c1-13(2,3)17-12(16)14-7-5-11(15)10(9-14)6-8-18-4/h10H,5-9H2,1-4H3. The summed E-state index contributed by atoms with van der Waals surface area (Å²) in [6, 6.07) is 0. The molecule has 5 heteroatoms. The van der Waals surface area contributed by atoms with E-state index in [0.29, 0.717) is 19.5 Å². The SMILES string of the molecule is CSCCC1CN(C(=O)OC(C)(C)C)CCC1=O. The summed E-state index contributed by atoms with van der Waals surface area (Å²) in [6.07, 6.45) is 3.03. The number of hydrogen-bond acceptors (Lipinski definition) is 4. The molecule has 4 nitrogen and oxygen atoms in total. The van der Waals surface area contributed by atoms with Crippen molar-refractivity contribution in [3.63, 3.8) is 0 Å². The van der Waals surface area contributed by atoms with Crippen LogP contribution in [0.25, 0.3) is 0 Å². The summed E-state index contributed by atoms with van der Waals surface area (Å²) in [5.41, 5.74) is -0.479. The third kappa shape index (κ3) is 4.88. The summed E-state index contributed by atoms with van der Waals surface area (Å²) < 4.78 is 5.34. The van der Waals surface area contributed by atoms with Gasteiger partial charge in [-0.05, 0) is 39.2 Å². The van der Waals surface area contributed by atoms with Gasteiger partial charge in [0, 0.05) is 25.4 Å². The molecule has 104 valence electrons. The van der Waals surface area contributed by atoms with Crippen LogP contribution in [0, 0.1) is 5.92 Å². The van der Waals surface area contributed by atoms with E-state index in [2.05, 4.69) is 0 Å². The average Bonchev–Trinajstić information content (AvgIpc) is 2.25. The molecule has 0 aliphatic carbocycles. The van der Waals surface area contributed by atoms with E-state index < -0.39 is 5.60 Å². The Balaban J connectivity index is 2.53. The first-order valence-electron chi connectivity index (χ1n) is 6.33. The molecular weight excluding hydrogens is 250 g/mol. The van der Waals surface area contributed by atoms with Gasteiger partial charge in [-0.3, -0.25) is 4.79 Å². The zero-order valence-electron chi connectivity index (χ0n) is 11.7. The van der Waals surface area contributed by atoms with Crippen LogP contribution < -0.4 is 0 Å². The Labute approximate surface area is 113 Å². The number of hydrogen-bond donors (Lipinski definition) is 0. The maximum atomic E-state index is 11.9. The minimum Gasteiger partial charge on any atom is -0.444 e. The molecule has 0 bridgehead atoms.